The van der Waals surface area contributed by atoms with Crippen molar-refractivity contribution in [3.05, 3.63) is 89.2 Å². The average molecular weight is 759 g/mol. The molecule has 4 aromatic rings. The van der Waals surface area contributed by atoms with Crippen molar-refractivity contribution in [2.24, 2.45) is 0 Å². The van der Waals surface area contributed by atoms with Crippen LogP contribution in [-0.2, 0) is 24.2 Å². The summed E-state index contributed by atoms with van der Waals surface area (Å²) in [6.45, 7) is 6.32. The molecule has 3 N–H and O–H groups in total. The number of carbonyl (C=O) groups excluding carboxylic acids is 2. The molecule has 0 aliphatic rings. The summed E-state index contributed by atoms with van der Waals surface area (Å²) in [5, 5.41) is 5.35. The Morgan fingerprint density at radius 1 is 0.939 bits per heavy atom. The van der Waals surface area contributed by atoms with Gasteiger partial charge in [0.15, 0.2) is 0 Å². The maximum Gasteiger partial charge on any atom is 0.407 e. The first-order valence-electron chi connectivity index (χ1n) is 15.4. The zero-order valence-corrected chi connectivity index (χ0v) is 30.1. The number of aromatic amines is 1. The van der Waals surface area contributed by atoms with Gasteiger partial charge >= 0.3 is 6.09 Å². The SMILES string of the molecule is COc1ccc(NC(=O)c2cnc(-c3ccccc3)[nH]2)cc1S(=O)(=O)N(CCOCCOCCNC(=O)OC(C)(C)C)c1ccc(Br)cc1. The van der Waals surface area contributed by atoms with Crippen LogP contribution in [0.2, 0.25) is 0 Å². The van der Waals surface area contributed by atoms with E-state index >= 15 is 0 Å². The van der Waals surface area contributed by atoms with Crippen molar-refractivity contribution in [2.75, 3.05) is 56.2 Å². The number of halogens is 1. The highest BCUT2D eigenvalue weighted by Gasteiger charge is 2.29. The molecule has 0 aliphatic carbocycles. The van der Waals surface area contributed by atoms with Gasteiger partial charge in [-0.3, -0.25) is 9.10 Å². The van der Waals surface area contributed by atoms with Crippen LogP contribution in [0, 0.1) is 0 Å². The second-order valence-electron chi connectivity index (χ2n) is 11.5. The van der Waals surface area contributed by atoms with Crippen molar-refractivity contribution < 1.29 is 37.0 Å². The van der Waals surface area contributed by atoms with Crippen LogP contribution >= 0.6 is 15.9 Å². The number of H-pyrrole nitrogens is 1. The molecule has 0 spiro atoms. The van der Waals surface area contributed by atoms with Gasteiger partial charge in [0.1, 0.15) is 27.8 Å². The van der Waals surface area contributed by atoms with Gasteiger partial charge in [-0.2, -0.15) is 0 Å². The Morgan fingerprint density at radius 2 is 1.63 bits per heavy atom. The highest BCUT2D eigenvalue weighted by atomic mass is 79.9. The Kier molecular flexibility index (Phi) is 13.2. The van der Waals surface area contributed by atoms with Gasteiger partial charge in [-0.25, -0.2) is 18.2 Å². The van der Waals surface area contributed by atoms with E-state index in [1.54, 1.807) is 51.1 Å². The van der Waals surface area contributed by atoms with E-state index in [9.17, 15) is 18.0 Å². The van der Waals surface area contributed by atoms with Crippen LogP contribution in [0.15, 0.2) is 88.4 Å². The fourth-order valence-electron chi connectivity index (χ4n) is 4.46. The first-order valence-corrected chi connectivity index (χ1v) is 17.6. The molecule has 2 amide bonds. The molecule has 0 saturated heterocycles. The third-order valence-corrected chi connectivity index (χ3v) is 9.07. The van der Waals surface area contributed by atoms with Crippen molar-refractivity contribution in [3.8, 4) is 17.1 Å². The number of carbonyl (C=O) groups is 2. The van der Waals surface area contributed by atoms with Gasteiger partial charge in [-0.05, 0) is 63.2 Å². The molecule has 13 nitrogen and oxygen atoms in total. The van der Waals surface area contributed by atoms with Gasteiger partial charge in [0.2, 0.25) is 0 Å². The predicted molar refractivity (Wildman–Crippen MR) is 190 cm³/mol. The highest BCUT2D eigenvalue weighted by Crippen LogP contribution is 2.33. The summed E-state index contributed by atoms with van der Waals surface area (Å²) in [6, 6.07) is 20.6. The number of nitrogens with zero attached hydrogens (tertiary/aromatic N) is 2. The summed E-state index contributed by atoms with van der Waals surface area (Å²) in [6.07, 6.45) is 0.890. The standard InChI is InChI=1S/C34H40BrN5O8S/c1-34(2,3)48-33(42)36-16-18-46-20-21-47-19-17-40(27-13-10-25(35)11-14-27)49(43,44)30-22-26(12-15-29(30)45-4)38-32(41)28-23-37-31(39-28)24-8-6-5-7-9-24/h5-15,22-23H,16-21H2,1-4H3,(H,36,42)(H,37,39)(H,38,41). The lowest BCUT2D eigenvalue weighted by atomic mass is 10.2. The molecule has 0 atom stereocenters. The summed E-state index contributed by atoms with van der Waals surface area (Å²) in [5.41, 5.74) is 1.07. The van der Waals surface area contributed by atoms with E-state index in [-0.39, 0.29) is 61.5 Å². The van der Waals surface area contributed by atoms with Gasteiger partial charge < -0.3 is 34.6 Å². The number of imidazole rings is 1. The Hall–Kier alpha value is -4.44. The van der Waals surface area contributed by atoms with Gasteiger partial charge in [-0.1, -0.05) is 46.3 Å². The average Bonchev–Trinajstić information content (AvgIpc) is 3.57. The van der Waals surface area contributed by atoms with Crippen LogP contribution in [-0.4, -0.2) is 82.6 Å². The third-order valence-electron chi connectivity index (χ3n) is 6.70. The lowest BCUT2D eigenvalue weighted by Gasteiger charge is -2.26. The predicted octanol–water partition coefficient (Wildman–Crippen LogP) is 5.85. The topological polar surface area (TPSA) is 161 Å². The van der Waals surface area contributed by atoms with Crippen LogP contribution in [0.1, 0.15) is 31.3 Å². The Balaban J connectivity index is 1.41. The summed E-state index contributed by atoms with van der Waals surface area (Å²) in [7, 11) is -2.86. The molecular formula is C34H40BrN5O8S. The monoisotopic (exact) mass is 757 g/mol. The van der Waals surface area contributed by atoms with Crippen LogP contribution in [0.5, 0.6) is 5.75 Å². The van der Waals surface area contributed by atoms with Gasteiger partial charge in [0, 0.05) is 22.3 Å². The molecule has 0 radical (unpaired) electrons. The Morgan fingerprint density at radius 3 is 2.31 bits per heavy atom. The van der Waals surface area contributed by atoms with Crippen LogP contribution in [0.3, 0.4) is 0 Å². The molecule has 1 aromatic heterocycles. The van der Waals surface area contributed by atoms with Crippen LogP contribution < -0.4 is 19.7 Å². The molecular weight excluding hydrogens is 718 g/mol. The third kappa shape index (κ3) is 11.0. The van der Waals surface area contributed by atoms with Gasteiger partial charge in [0.05, 0.1) is 52.0 Å². The van der Waals surface area contributed by atoms with E-state index in [0.29, 0.717) is 11.5 Å². The quantitative estimate of drug-likeness (QED) is 0.119. The molecule has 3 aromatic carbocycles. The maximum atomic E-state index is 14.2. The lowest BCUT2D eigenvalue weighted by molar-refractivity contribution is 0.0412. The number of rotatable bonds is 16. The molecule has 0 aliphatic heterocycles. The zero-order valence-electron chi connectivity index (χ0n) is 27.7. The second-order valence-corrected chi connectivity index (χ2v) is 14.3. The van der Waals surface area contributed by atoms with Crippen molar-refractivity contribution in [1.29, 1.82) is 0 Å². The van der Waals surface area contributed by atoms with E-state index in [1.807, 2.05) is 30.3 Å². The van der Waals surface area contributed by atoms with Crippen molar-refractivity contribution in [3.63, 3.8) is 0 Å². The Labute approximate surface area is 294 Å². The van der Waals surface area contributed by atoms with E-state index in [2.05, 4.69) is 36.5 Å². The normalized spacial score (nSPS) is 11.5. The number of ether oxygens (including phenoxy) is 4. The fraction of sp³-hybridized carbons (Fsp3) is 0.324. The van der Waals surface area contributed by atoms with Gasteiger partial charge in [-0.15, -0.1) is 0 Å². The molecule has 4 rings (SSSR count). The van der Waals surface area contributed by atoms with Crippen molar-refractivity contribution in [1.82, 2.24) is 15.3 Å². The number of hydrogen-bond acceptors (Lipinski definition) is 9. The molecule has 0 saturated carbocycles. The molecule has 1 heterocycles. The summed E-state index contributed by atoms with van der Waals surface area (Å²) < 4.78 is 52.3. The minimum atomic E-state index is -4.23. The number of hydrogen-bond donors (Lipinski definition) is 3. The number of nitrogens with one attached hydrogen (secondary N) is 3. The fourth-order valence-corrected chi connectivity index (χ4v) is 6.35. The summed E-state index contributed by atoms with van der Waals surface area (Å²) in [5.74, 6) is 0.129. The van der Waals surface area contributed by atoms with Crippen LogP contribution in [0.25, 0.3) is 11.4 Å². The Bertz CT molecular complexity index is 1800. The molecule has 262 valence electrons. The summed E-state index contributed by atoms with van der Waals surface area (Å²) >= 11 is 3.39. The number of anilines is 2. The number of alkyl carbamates (subject to hydrolysis) is 1. The first kappa shape index (κ1) is 37.4. The highest BCUT2D eigenvalue weighted by molar-refractivity contribution is 9.10. The number of benzene rings is 3. The van der Waals surface area contributed by atoms with E-state index in [0.717, 1.165) is 10.0 Å². The van der Waals surface area contributed by atoms with E-state index < -0.39 is 27.6 Å². The second kappa shape index (κ2) is 17.3. The summed E-state index contributed by atoms with van der Waals surface area (Å²) in [4.78, 5) is 32.0. The minimum absolute atomic E-state index is 0.0275. The smallest absolute Gasteiger partial charge is 0.407 e. The number of aromatic nitrogens is 2. The van der Waals surface area contributed by atoms with E-state index in [1.165, 1.54) is 29.7 Å². The molecule has 0 fully saturated rings. The largest absolute Gasteiger partial charge is 0.495 e. The van der Waals surface area contributed by atoms with Crippen molar-refractivity contribution in [2.45, 2.75) is 31.3 Å². The number of amides is 2. The molecule has 0 bridgehead atoms. The molecule has 15 heteroatoms. The maximum absolute atomic E-state index is 14.2. The zero-order chi connectivity index (χ0) is 35.4. The minimum Gasteiger partial charge on any atom is -0.495 e. The van der Waals surface area contributed by atoms with Crippen LogP contribution in [0.4, 0.5) is 16.2 Å². The number of methoxy groups -OCH3 is 1. The molecule has 49 heavy (non-hydrogen) atoms. The van der Waals surface area contributed by atoms with E-state index in [4.69, 9.17) is 18.9 Å². The van der Waals surface area contributed by atoms with Crippen molar-refractivity contribution >= 4 is 49.3 Å². The molecule has 0 unspecified atom stereocenters. The number of sulfonamides is 1. The lowest BCUT2D eigenvalue weighted by Crippen LogP contribution is -2.35. The van der Waals surface area contributed by atoms with Gasteiger partial charge in [0.25, 0.3) is 15.9 Å². The first-order chi connectivity index (χ1) is 23.4.